The van der Waals surface area contributed by atoms with Crippen molar-refractivity contribution in [3.8, 4) is 11.5 Å². The number of anilines is 1. The van der Waals surface area contributed by atoms with Crippen LogP contribution in [0.2, 0.25) is 0 Å². The van der Waals surface area contributed by atoms with Crippen LogP contribution in [0.5, 0.6) is 11.5 Å². The normalized spacial score (nSPS) is 15.6. The molecule has 1 aliphatic rings. The molecule has 0 bridgehead atoms. The van der Waals surface area contributed by atoms with Crippen LogP contribution < -0.4 is 19.7 Å². The number of urea groups is 1. The van der Waals surface area contributed by atoms with Crippen LogP contribution in [0.1, 0.15) is 19.4 Å². The molecule has 9 heteroatoms. The number of hydrogen-bond donors (Lipinski definition) is 1. The first-order valence-corrected chi connectivity index (χ1v) is 10.0. The fourth-order valence-corrected chi connectivity index (χ4v) is 3.57. The van der Waals surface area contributed by atoms with Crippen molar-refractivity contribution in [1.82, 2.24) is 5.32 Å². The molecule has 7 nitrogen and oxygen atoms in total. The molecule has 3 rings (SSSR count). The molecule has 4 amide bonds. The molecule has 1 N–H and O–H groups in total. The average Bonchev–Trinajstić information content (AvgIpc) is 2.68. The molecule has 0 atom stereocenters. The fourth-order valence-electron chi connectivity index (χ4n) is 2.82. The Bertz CT molecular complexity index is 1050. The molecular formula is C21H18FIN2O5. The van der Waals surface area contributed by atoms with Gasteiger partial charge in [-0.15, -0.1) is 0 Å². The summed E-state index contributed by atoms with van der Waals surface area (Å²) in [6.07, 6.45) is 1.29. The molecule has 156 valence electrons. The molecule has 0 unspecified atom stereocenters. The third kappa shape index (κ3) is 4.45. The second-order valence-corrected chi connectivity index (χ2v) is 7.80. The van der Waals surface area contributed by atoms with Gasteiger partial charge in [0.2, 0.25) is 0 Å². The average molecular weight is 524 g/mol. The second-order valence-electron chi connectivity index (χ2n) is 6.63. The zero-order valence-electron chi connectivity index (χ0n) is 16.4. The third-order valence-corrected chi connectivity index (χ3v) is 4.90. The van der Waals surface area contributed by atoms with Crippen molar-refractivity contribution in [1.29, 1.82) is 0 Å². The summed E-state index contributed by atoms with van der Waals surface area (Å²) < 4.78 is 25.1. The number of benzene rings is 2. The molecule has 1 aliphatic heterocycles. The minimum Gasteiger partial charge on any atom is -0.493 e. The molecule has 1 saturated heterocycles. The lowest BCUT2D eigenvalue weighted by Gasteiger charge is -2.26. The van der Waals surface area contributed by atoms with Crippen LogP contribution in [0.3, 0.4) is 0 Å². The Morgan fingerprint density at radius 2 is 1.80 bits per heavy atom. The van der Waals surface area contributed by atoms with Crippen LogP contribution in [0.25, 0.3) is 6.08 Å². The highest BCUT2D eigenvalue weighted by molar-refractivity contribution is 14.1. The van der Waals surface area contributed by atoms with Gasteiger partial charge in [0.1, 0.15) is 11.4 Å². The van der Waals surface area contributed by atoms with Crippen molar-refractivity contribution in [2.45, 2.75) is 20.0 Å². The number of hydrogen-bond acceptors (Lipinski definition) is 5. The smallest absolute Gasteiger partial charge is 0.335 e. The Hall–Kier alpha value is -2.95. The van der Waals surface area contributed by atoms with E-state index in [1.165, 1.54) is 25.3 Å². The predicted molar refractivity (Wildman–Crippen MR) is 117 cm³/mol. The number of carbonyl (C=O) groups is 3. The quantitative estimate of drug-likeness (QED) is 0.365. The number of amides is 4. The molecule has 0 saturated carbocycles. The largest absolute Gasteiger partial charge is 0.493 e. The standard InChI is InChI=1S/C21H18FIN2O5/c1-11(2)30-18-16(23)9-12(10-17(18)29-3)8-15-19(26)24-21(28)25(20(15)27)14-6-4-13(22)5-7-14/h4-11H,1-3H3,(H,24,26,28)/b15-8+. The summed E-state index contributed by atoms with van der Waals surface area (Å²) in [5.41, 5.74) is 0.415. The zero-order valence-corrected chi connectivity index (χ0v) is 18.5. The van der Waals surface area contributed by atoms with E-state index in [0.717, 1.165) is 20.6 Å². The Kier molecular flexibility index (Phi) is 6.40. The van der Waals surface area contributed by atoms with Crippen LogP contribution >= 0.6 is 22.6 Å². The summed E-state index contributed by atoms with van der Waals surface area (Å²) in [4.78, 5) is 38.2. The molecule has 1 heterocycles. The number of carbonyl (C=O) groups excluding carboxylic acids is 3. The van der Waals surface area contributed by atoms with E-state index < -0.39 is 23.7 Å². The van der Waals surface area contributed by atoms with Crippen molar-refractivity contribution in [2.75, 3.05) is 12.0 Å². The molecule has 0 spiro atoms. The number of nitrogens with zero attached hydrogens (tertiary/aromatic N) is 1. The lowest BCUT2D eigenvalue weighted by Crippen LogP contribution is -2.54. The van der Waals surface area contributed by atoms with E-state index in [1.54, 1.807) is 12.1 Å². The van der Waals surface area contributed by atoms with Crippen molar-refractivity contribution in [3.05, 3.63) is 56.9 Å². The number of ether oxygens (including phenoxy) is 2. The van der Waals surface area contributed by atoms with Gasteiger partial charge in [-0.25, -0.2) is 14.1 Å². The Balaban J connectivity index is 2.02. The van der Waals surface area contributed by atoms with Gasteiger partial charge in [0, 0.05) is 0 Å². The van der Waals surface area contributed by atoms with Crippen LogP contribution in [0.4, 0.5) is 14.9 Å². The van der Waals surface area contributed by atoms with Crippen LogP contribution in [0, 0.1) is 9.39 Å². The minimum absolute atomic E-state index is 0.0717. The summed E-state index contributed by atoms with van der Waals surface area (Å²) in [5.74, 6) is -1.15. The van der Waals surface area contributed by atoms with Gasteiger partial charge in [0.05, 0.1) is 22.5 Å². The van der Waals surface area contributed by atoms with Crippen LogP contribution in [-0.2, 0) is 9.59 Å². The Morgan fingerprint density at radius 1 is 1.13 bits per heavy atom. The number of barbiturate groups is 1. The first kappa shape index (κ1) is 21.8. The van der Waals surface area contributed by atoms with Gasteiger partial charge in [0.15, 0.2) is 11.5 Å². The molecule has 1 fully saturated rings. The number of halogens is 2. The fraction of sp³-hybridized carbons (Fsp3) is 0.190. The number of imide groups is 2. The van der Waals surface area contributed by atoms with Crippen LogP contribution in [-0.4, -0.2) is 31.1 Å². The molecule has 30 heavy (non-hydrogen) atoms. The molecule has 2 aromatic rings. The van der Waals surface area contributed by atoms with E-state index >= 15 is 0 Å². The SMILES string of the molecule is COc1cc(/C=C2\C(=O)NC(=O)N(c3ccc(F)cc3)C2=O)cc(I)c1OC(C)C. The first-order chi connectivity index (χ1) is 14.2. The van der Waals surface area contributed by atoms with E-state index in [4.69, 9.17) is 9.47 Å². The summed E-state index contributed by atoms with van der Waals surface area (Å²) in [5, 5.41) is 2.13. The summed E-state index contributed by atoms with van der Waals surface area (Å²) in [7, 11) is 1.49. The Labute approximate surface area is 186 Å². The number of nitrogens with one attached hydrogen (secondary N) is 1. The molecular weight excluding hydrogens is 506 g/mol. The molecule has 0 aromatic heterocycles. The lowest BCUT2D eigenvalue weighted by atomic mass is 10.1. The van der Waals surface area contributed by atoms with Gasteiger partial charge < -0.3 is 9.47 Å². The van der Waals surface area contributed by atoms with Gasteiger partial charge >= 0.3 is 6.03 Å². The molecule has 0 radical (unpaired) electrons. The first-order valence-electron chi connectivity index (χ1n) is 8.92. The van der Waals surface area contributed by atoms with Crippen LogP contribution in [0.15, 0.2) is 42.0 Å². The maximum Gasteiger partial charge on any atom is 0.335 e. The van der Waals surface area contributed by atoms with Gasteiger partial charge in [-0.3, -0.25) is 14.9 Å². The zero-order chi connectivity index (χ0) is 22.0. The topological polar surface area (TPSA) is 84.9 Å². The van der Waals surface area contributed by atoms with Gasteiger partial charge in [-0.1, -0.05) is 0 Å². The van der Waals surface area contributed by atoms with Crippen molar-refractivity contribution >= 4 is 52.2 Å². The van der Waals surface area contributed by atoms with Crippen molar-refractivity contribution in [3.63, 3.8) is 0 Å². The number of methoxy groups -OCH3 is 1. The molecule has 2 aromatic carbocycles. The van der Waals surface area contributed by atoms with Gasteiger partial charge in [0.25, 0.3) is 11.8 Å². The number of rotatable bonds is 5. The highest BCUT2D eigenvalue weighted by Crippen LogP contribution is 2.35. The van der Waals surface area contributed by atoms with E-state index in [1.807, 2.05) is 13.8 Å². The van der Waals surface area contributed by atoms with E-state index in [-0.39, 0.29) is 17.4 Å². The highest BCUT2D eigenvalue weighted by atomic mass is 127. The lowest BCUT2D eigenvalue weighted by molar-refractivity contribution is -0.122. The summed E-state index contributed by atoms with van der Waals surface area (Å²) in [6.45, 7) is 3.77. The van der Waals surface area contributed by atoms with Gasteiger partial charge in [-0.2, -0.15) is 0 Å². The monoisotopic (exact) mass is 524 g/mol. The maximum atomic E-state index is 13.2. The van der Waals surface area contributed by atoms with Crippen molar-refractivity contribution in [2.24, 2.45) is 0 Å². The predicted octanol–water partition coefficient (Wildman–Crippen LogP) is 3.89. The van der Waals surface area contributed by atoms with E-state index in [2.05, 4.69) is 27.9 Å². The third-order valence-electron chi connectivity index (χ3n) is 4.10. The Morgan fingerprint density at radius 3 is 2.40 bits per heavy atom. The van der Waals surface area contributed by atoms with Crippen molar-refractivity contribution < 1.29 is 28.2 Å². The van der Waals surface area contributed by atoms with Gasteiger partial charge in [-0.05, 0) is 84.5 Å². The summed E-state index contributed by atoms with van der Waals surface area (Å²) in [6, 6.07) is 7.27. The second kappa shape index (κ2) is 8.82. The molecule has 0 aliphatic carbocycles. The maximum absolute atomic E-state index is 13.2. The van der Waals surface area contributed by atoms with E-state index in [9.17, 15) is 18.8 Å². The highest BCUT2D eigenvalue weighted by Gasteiger charge is 2.36. The minimum atomic E-state index is -0.901. The summed E-state index contributed by atoms with van der Waals surface area (Å²) >= 11 is 2.07. The van der Waals surface area contributed by atoms with E-state index in [0.29, 0.717) is 17.1 Å².